The van der Waals surface area contributed by atoms with E-state index in [9.17, 15) is 0 Å². The van der Waals surface area contributed by atoms with Crippen molar-refractivity contribution in [3.8, 4) is 0 Å². The number of hydrogen-bond acceptors (Lipinski definition) is 2. The topological polar surface area (TPSA) is 24.1 Å². The molecule has 1 aliphatic heterocycles. The maximum absolute atomic E-state index is 6.37. The van der Waals surface area contributed by atoms with Gasteiger partial charge in [0.1, 0.15) is 0 Å². The van der Waals surface area contributed by atoms with Crippen LogP contribution < -0.4 is 10.6 Å². The third-order valence-corrected chi connectivity index (χ3v) is 4.16. The lowest BCUT2D eigenvalue weighted by Gasteiger charge is -2.33. The molecule has 1 aliphatic rings. The number of halogens is 2. The minimum absolute atomic E-state index is 0.205. The van der Waals surface area contributed by atoms with Crippen molar-refractivity contribution >= 4 is 34.6 Å². The van der Waals surface area contributed by atoms with E-state index in [1.54, 1.807) is 0 Å². The molecule has 3 rings (SSSR count). The van der Waals surface area contributed by atoms with E-state index in [0.717, 1.165) is 33.4 Å². The highest BCUT2D eigenvalue weighted by molar-refractivity contribution is 6.32. The second-order valence-electron chi connectivity index (χ2n) is 5.19. The van der Waals surface area contributed by atoms with E-state index in [4.69, 9.17) is 23.2 Å². The summed E-state index contributed by atoms with van der Waals surface area (Å²) in [5.41, 5.74) is 3.31. The molecule has 0 bridgehead atoms. The fourth-order valence-corrected chi connectivity index (χ4v) is 3.12. The minimum Gasteiger partial charge on any atom is -0.382 e. The van der Waals surface area contributed by atoms with Gasteiger partial charge in [-0.2, -0.15) is 0 Å². The molecule has 1 heterocycles. The summed E-state index contributed by atoms with van der Waals surface area (Å²) in [4.78, 5) is 0. The highest BCUT2D eigenvalue weighted by atomic mass is 35.5. The van der Waals surface area contributed by atoms with Gasteiger partial charge in [-0.1, -0.05) is 29.3 Å². The first-order chi connectivity index (χ1) is 9.63. The molecule has 0 fully saturated rings. The van der Waals surface area contributed by atoms with E-state index in [-0.39, 0.29) is 6.04 Å². The van der Waals surface area contributed by atoms with Crippen LogP contribution in [0.3, 0.4) is 0 Å². The van der Waals surface area contributed by atoms with Crippen molar-refractivity contribution in [3.63, 3.8) is 0 Å². The van der Waals surface area contributed by atoms with Crippen LogP contribution in [0.4, 0.5) is 11.4 Å². The summed E-state index contributed by atoms with van der Waals surface area (Å²) in [6, 6.07) is 14.4. The fraction of sp³-hybridized carbons (Fsp3) is 0.250. The molecule has 0 unspecified atom stereocenters. The largest absolute Gasteiger partial charge is 0.382 e. The van der Waals surface area contributed by atoms with Crippen LogP contribution in [0.25, 0.3) is 0 Å². The van der Waals surface area contributed by atoms with Gasteiger partial charge < -0.3 is 10.6 Å². The fourth-order valence-electron chi connectivity index (χ4n) is 2.69. The Morgan fingerprint density at radius 1 is 1.10 bits per heavy atom. The Balaban J connectivity index is 1.92. The Hall–Kier alpha value is -1.38. The van der Waals surface area contributed by atoms with Crippen LogP contribution in [0.1, 0.15) is 24.9 Å². The molecule has 20 heavy (non-hydrogen) atoms. The van der Waals surface area contributed by atoms with Gasteiger partial charge in [-0.3, -0.25) is 0 Å². The molecule has 2 N–H and O–H groups in total. The second-order valence-corrected chi connectivity index (χ2v) is 6.03. The van der Waals surface area contributed by atoms with E-state index >= 15 is 0 Å². The standard InChI is InChI=1S/C16H16Cl2N2/c1-10-9-15(20-12-7-5-11(17)6-8-12)16-13(18)3-2-4-14(16)19-10/h2-8,10,15,19-20H,9H2,1H3/t10-,15-/m0/s1. The predicted octanol–water partition coefficient (Wildman–Crippen LogP) is 5.35. The van der Waals surface area contributed by atoms with E-state index < -0.39 is 0 Å². The van der Waals surface area contributed by atoms with Crippen LogP contribution in [0, 0.1) is 0 Å². The molecule has 2 aromatic rings. The zero-order valence-corrected chi connectivity index (χ0v) is 12.7. The summed E-state index contributed by atoms with van der Waals surface area (Å²) in [6.07, 6.45) is 0.985. The average Bonchev–Trinajstić information content (AvgIpc) is 2.41. The Morgan fingerprint density at radius 2 is 1.85 bits per heavy atom. The highest BCUT2D eigenvalue weighted by Gasteiger charge is 2.26. The molecule has 2 atom stereocenters. The first-order valence-electron chi connectivity index (χ1n) is 6.70. The lowest BCUT2D eigenvalue weighted by Crippen LogP contribution is -2.29. The van der Waals surface area contributed by atoms with Crippen molar-refractivity contribution < 1.29 is 0 Å². The van der Waals surface area contributed by atoms with Crippen LogP contribution in [-0.4, -0.2) is 6.04 Å². The molecule has 0 saturated heterocycles. The van der Waals surface area contributed by atoms with Gasteiger partial charge in [0, 0.05) is 33.0 Å². The number of nitrogens with one attached hydrogen (secondary N) is 2. The molecule has 0 radical (unpaired) electrons. The van der Waals surface area contributed by atoms with Gasteiger partial charge in [-0.15, -0.1) is 0 Å². The quantitative estimate of drug-likeness (QED) is 0.781. The van der Waals surface area contributed by atoms with Crippen LogP contribution >= 0.6 is 23.2 Å². The van der Waals surface area contributed by atoms with Crippen molar-refractivity contribution in [2.45, 2.75) is 25.4 Å². The van der Waals surface area contributed by atoms with Crippen LogP contribution in [0.5, 0.6) is 0 Å². The zero-order chi connectivity index (χ0) is 14.1. The Morgan fingerprint density at radius 3 is 2.60 bits per heavy atom. The van der Waals surface area contributed by atoms with Gasteiger partial charge in [0.25, 0.3) is 0 Å². The first-order valence-corrected chi connectivity index (χ1v) is 7.46. The lowest BCUT2D eigenvalue weighted by atomic mass is 9.93. The number of benzene rings is 2. The number of rotatable bonds is 2. The summed E-state index contributed by atoms with van der Waals surface area (Å²) < 4.78 is 0. The zero-order valence-electron chi connectivity index (χ0n) is 11.2. The summed E-state index contributed by atoms with van der Waals surface area (Å²) >= 11 is 12.3. The Labute approximate surface area is 129 Å². The molecule has 0 spiro atoms. The first kappa shape index (κ1) is 13.6. The molecular weight excluding hydrogens is 291 g/mol. The number of fused-ring (bicyclic) bond motifs is 1. The van der Waals surface area contributed by atoms with Crippen molar-refractivity contribution in [1.29, 1.82) is 0 Å². The number of hydrogen-bond donors (Lipinski definition) is 2. The Kier molecular flexibility index (Phi) is 3.77. The maximum atomic E-state index is 6.37. The van der Waals surface area contributed by atoms with Gasteiger partial charge in [-0.25, -0.2) is 0 Å². The summed E-state index contributed by atoms with van der Waals surface area (Å²) in [5.74, 6) is 0. The van der Waals surface area contributed by atoms with Gasteiger partial charge in [-0.05, 0) is 49.7 Å². The van der Waals surface area contributed by atoms with E-state index in [0.29, 0.717) is 6.04 Å². The molecular formula is C16H16Cl2N2. The molecule has 4 heteroatoms. The van der Waals surface area contributed by atoms with Crippen LogP contribution in [-0.2, 0) is 0 Å². The molecule has 2 nitrogen and oxygen atoms in total. The molecule has 0 aromatic heterocycles. The molecule has 0 aliphatic carbocycles. The third-order valence-electron chi connectivity index (χ3n) is 3.58. The Bertz CT molecular complexity index is 610. The highest BCUT2D eigenvalue weighted by Crippen LogP contribution is 2.39. The van der Waals surface area contributed by atoms with E-state index in [1.165, 1.54) is 0 Å². The van der Waals surface area contributed by atoms with E-state index in [2.05, 4.69) is 23.6 Å². The normalized spacial score (nSPS) is 20.9. The molecule has 2 aromatic carbocycles. The van der Waals surface area contributed by atoms with Crippen molar-refractivity contribution in [1.82, 2.24) is 0 Å². The van der Waals surface area contributed by atoms with Gasteiger partial charge in [0.15, 0.2) is 0 Å². The van der Waals surface area contributed by atoms with Gasteiger partial charge in [0.2, 0.25) is 0 Å². The van der Waals surface area contributed by atoms with Crippen molar-refractivity contribution in [2.75, 3.05) is 10.6 Å². The second kappa shape index (κ2) is 5.55. The predicted molar refractivity (Wildman–Crippen MR) is 87.0 cm³/mol. The van der Waals surface area contributed by atoms with E-state index in [1.807, 2.05) is 36.4 Å². The van der Waals surface area contributed by atoms with Crippen LogP contribution in [0.15, 0.2) is 42.5 Å². The minimum atomic E-state index is 0.205. The molecule has 0 saturated carbocycles. The smallest absolute Gasteiger partial charge is 0.0568 e. The number of anilines is 2. The lowest BCUT2D eigenvalue weighted by molar-refractivity contribution is 0.600. The SMILES string of the molecule is C[C@H]1C[C@H](Nc2ccc(Cl)cc2)c2c(Cl)cccc2N1. The summed E-state index contributed by atoms with van der Waals surface area (Å²) in [7, 11) is 0. The average molecular weight is 307 g/mol. The van der Waals surface area contributed by atoms with Gasteiger partial charge in [0.05, 0.1) is 6.04 Å². The molecule has 104 valence electrons. The van der Waals surface area contributed by atoms with Crippen molar-refractivity contribution in [3.05, 3.63) is 58.1 Å². The van der Waals surface area contributed by atoms with Crippen molar-refractivity contribution in [2.24, 2.45) is 0 Å². The maximum Gasteiger partial charge on any atom is 0.0568 e. The monoisotopic (exact) mass is 306 g/mol. The summed E-state index contributed by atoms with van der Waals surface area (Å²) in [6.45, 7) is 2.18. The molecule has 0 amide bonds. The van der Waals surface area contributed by atoms with Gasteiger partial charge >= 0.3 is 0 Å². The van der Waals surface area contributed by atoms with Crippen LogP contribution in [0.2, 0.25) is 10.0 Å². The summed E-state index contributed by atoms with van der Waals surface area (Å²) in [5, 5.41) is 8.58. The third kappa shape index (κ3) is 2.72.